The highest BCUT2D eigenvalue weighted by Crippen LogP contribution is 2.49. The van der Waals surface area contributed by atoms with E-state index in [2.05, 4.69) is 4.98 Å². The van der Waals surface area contributed by atoms with E-state index in [-0.39, 0.29) is 6.61 Å². The summed E-state index contributed by atoms with van der Waals surface area (Å²) in [7, 11) is -1.87. The molecule has 2 aliphatic heterocycles. The summed E-state index contributed by atoms with van der Waals surface area (Å²) in [5.74, 6) is 0. The van der Waals surface area contributed by atoms with Gasteiger partial charge in [-0.2, -0.15) is 0 Å². The van der Waals surface area contributed by atoms with Gasteiger partial charge < -0.3 is 14.6 Å². The van der Waals surface area contributed by atoms with Crippen molar-refractivity contribution in [3.63, 3.8) is 0 Å². The third-order valence-corrected chi connectivity index (χ3v) is 4.57. The number of aromatic amines is 1. The van der Waals surface area contributed by atoms with Crippen LogP contribution in [0.5, 0.6) is 0 Å². The lowest BCUT2D eigenvalue weighted by molar-refractivity contribution is -0.215. The van der Waals surface area contributed by atoms with Gasteiger partial charge in [-0.1, -0.05) is 0 Å². The van der Waals surface area contributed by atoms with Gasteiger partial charge >= 0.3 is 13.7 Å². The molecule has 2 fully saturated rings. The average molecular weight is 331 g/mol. The first-order chi connectivity index (χ1) is 10.3. The first-order valence-corrected chi connectivity index (χ1v) is 8.34. The standard InChI is InChI=1S/C12H15N2O7P/c1-6-12(5-19-22(2)18)9(16)8(20-6)10(21-12)14-4-3-7(15)13-11(14)17/h3-4,6,8-10,16H,5H2,1-2H3/p+1/t6-,8-,9+,10-,12+/m1/s1. The van der Waals surface area contributed by atoms with E-state index < -0.39 is 49.4 Å². The van der Waals surface area contributed by atoms with Gasteiger partial charge in [-0.15, -0.1) is 4.52 Å². The first kappa shape index (κ1) is 15.5. The molecule has 0 radical (unpaired) electrons. The van der Waals surface area contributed by atoms with Gasteiger partial charge in [0.05, 0.1) is 6.10 Å². The summed E-state index contributed by atoms with van der Waals surface area (Å²) in [6.07, 6.45) is -1.92. The van der Waals surface area contributed by atoms with Crippen LogP contribution >= 0.6 is 8.03 Å². The van der Waals surface area contributed by atoms with Crippen LogP contribution in [0.25, 0.3) is 0 Å². The fourth-order valence-corrected chi connectivity index (χ4v) is 3.28. The minimum atomic E-state index is -1.87. The van der Waals surface area contributed by atoms with E-state index in [1.54, 1.807) is 6.92 Å². The van der Waals surface area contributed by atoms with Crippen LogP contribution in [0, 0.1) is 0 Å². The van der Waals surface area contributed by atoms with Gasteiger partial charge in [-0.3, -0.25) is 14.3 Å². The largest absolute Gasteiger partial charge is 0.504 e. The van der Waals surface area contributed by atoms with Crippen molar-refractivity contribution in [1.29, 1.82) is 0 Å². The Labute approximate surface area is 125 Å². The van der Waals surface area contributed by atoms with Gasteiger partial charge in [0.15, 0.2) is 18.5 Å². The normalized spacial score (nSPS) is 37.5. The maximum absolute atomic E-state index is 11.9. The third kappa shape index (κ3) is 2.26. The van der Waals surface area contributed by atoms with E-state index in [1.165, 1.54) is 18.9 Å². The number of aliphatic hydroxyl groups excluding tert-OH is 1. The summed E-state index contributed by atoms with van der Waals surface area (Å²) in [5, 5.41) is 10.4. The Morgan fingerprint density at radius 2 is 2.27 bits per heavy atom. The van der Waals surface area contributed by atoms with Crippen LogP contribution in [0.4, 0.5) is 0 Å². The van der Waals surface area contributed by atoms with Gasteiger partial charge in [-0.25, -0.2) is 4.79 Å². The molecule has 2 N–H and O–H groups in total. The zero-order chi connectivity index (χ0) is 16.1. The minimum absolute atomic E-state index is 0.119. The molecule has 0 spiro atoms. The quantitative estimate of drug-likeness (QED) is 0.703. The number of fused-ring (bicyclic) bond motifs is 2. The van der Waals surface area contributed by atoms with Crippen LogP contribution in [0.15, 0.2) is 21.9 Å². The zero-order valence-corrected chi connectivity index (χ0v) is 12.9. The maximum Gasteiger partial charge on any atom is 0.504 e. The molecular formula is C12H16N2O7P+. The zero-order valence-electron chi connectivity index (χ0n) is 12.0. The lowest BCUT2D eigenvalue weighted by Gasteiger charge is -2.34. The number of hydrogen-bond acceptors (Lipinski definition) is 7. The molecule has 0 amide bonds. The second-order valence-corrected chi connectivity index (χ2v) is 6.52. The molecule has 2 bridgehead atoms. The Kier molecular flexibility index (Phi) is 3.78. The summed E-state index contributed by atoms with van der Waals surface area (Å²) in [5.41, 5.74) is -2.39. The number of aliphatic hydroxyl groups is 1. The predicted molar refractivity (Wildman–Crippen MR) is 74.0 cm³/mol. The molecule has 22 heavy (non-hydrogen) atoms. The molecule has 1 unspecified atom stereocenters. The van der Waals surface area contributed by atoms with E-state index in [1.807, 2.05) is 0 Å². The van der Waals surface area contributed by atoms with Crippen LogP contribution in [0.2, 0.25) is 0 Å². The number of nitrogens with one attached hydrogen (secondary N) is 1. The van der Waals surface area contributed by atoms with Crippen molar-refractivity contribution in [2.45, 2.75) is 37.1 Å². The number of rotatable bonds is 4. The second-order valence-electron chi connectivity index (χ2n) is 5.38. The summed E-state index contributed by atoms with van der Waals surface area (Å²) in [6, 6.07) is 1.18. The van der Waals surface area contributed by atoms with E-state index in [0.717, 1.165) is 4.57 Å². The molecule has 9 nitrogen and oxygen atoms in total. The smallest absolute Gasteiger partial charge is 0.387 e. The predicted octanol–water partition coefficient (Wildman–Crippen LogP) is -0.659. The fourth-order valence-electron chi connectivity index (χ4n) is 2.90. The Morgan fingerprint density at radius 3 is 2.91 bits per heavy atom. The Balaban J connectivity index is 1.93. The van der Waals surface area contributed by atoms with Gasteiger partial charge in [0.25, 0.3) is 5.56 Å². The minimum Gasteiger partial charge on any atom is -0.387 e. The first-order valence-electron chi connectivity index (χ1n) is 6.72. The number of nitrogens with zero attached hydrogens (tertiary/aromatic N) is 1. The van der Waals surface area contributed by atoms with Gasteiger partial charge in [0.1, 0.15) is 18.8 Å². The molecule has 1 aromatic rings. The van der Waals surface area contributed by atoms with Crippen molar-refractivity contribution < 1.29 is 23.7 Å². The maximum atomic E-state index is 11.9. The van der Waals surface area contributed by atoms with Crippen LogP contribution in [-0.4, -0.2) is 51.8 Å². The van der Waals surface area contributed by atoms with E-state index in [4.69, 9.17) is 14.0 Å². The van der Waals surface area contributed by atoms with E-state index >= 15 is 0 Å². The summed E-state index contributed by atoms with van der Waals surface area (Å²) >= 11 is 0. The molecule has 120 valence electrons. The van der Waals surface area contributed by atoms with Gasteiger partial charge in [0.2, 0.25) is 0 Å². The van der Waals surface area contributed by atoms with Crippen molar-refractivity contribution in [2.75, 3.05) is 13.3 Å². The number of aromatic nitrogens is 2. The molecule has 3 rings (SSSR count). The second kappa shape index (κ2) is 5.36. The van der Waals surface area contributed by atoms with Gasteiger partial charge in [-0.05, 0) is 11.5 Å². The molecule has 0 aromatic carbocycles. The lowest BCUT2D eigenvalue weighted by atomic mass is 9.94. The monoisotopic (exact) mass is 331 g/mol. The molecule has 1 aromatic heterocycles. The highest BCUT2D eigenvalue weighted by atomic mass is 31.1. The molecule has 2 aliphatic rings. The number of ether oxygens (including phenoxy) is 2. The van der Waals surface area contributed by atoms with Crippen molar-refractivity contribution >= 4 is 8.03 Å². The number of H-pyrrole nitrogens is 1. The van der Waals surface area contributed by atoms with E-state index in [0.29, 0.717) is 0 Å². The van der Waals surface area contributed by atoms with Gasteiger partial charge in [0, 0.05) is 12.3 Å². The topological polar surface area (TPSA) is 120 Å². The fraction of sp³-hybridized carbons (Fsp3) is 0.667. The summed E-state index contributed by atoms with van der Waals surface area (Å²) in [4.78, 5) is 25.1. The van der Waals surface area contributed by atoms with Crippen molar-refractivity contribution in [1.82, 2.24) is 9.55 Å². The van der Waals surface area contributed by atoms with Crippen LogP contribution < -0.4 is 11.2 Å². The van der Waals surface area contributed by atoms with Crippen molar-refractivity contribution in [2.24, 2.45) is 0 Å². The molecule has 2 saturated heterocycles. The van der Waals surface area contributed by atoms with Crippen molar-refractivity contribution in [3.05, 3.63) is 33.1 Å². The lowest BCUT2D eigenvalue weighted by Crippen LogP contribution is -2.50. The van der Waals surface area contributed by atoms with Crippen LogP contribution in [0.3, 0.4) is 0 Å². The molecule has 0 aliphatic carbocycles. The van der Waals surface area contributed by atoms with E-state index in [9.17, 15) is 19.3 Å². The molecule has 0 saturated carbocycles. The SMILES string of the molecule is C[C@H]1O[C@H]2[C@H](n3ccc(=O)[nH]c3=O)O[C@]1(CO[P+](C)=O)[C@H]2O. The molecule has 3 heterocycles. The van der Waals surface area contributed by atoms with Crippen molar-refractivity contribution in [3.8, 4) is 0 Å². The Hall–Kier alpha value is -1.38. The molecular weight excluding hydrogens is 315 g/mol. The highest BCUT2D eigenvalue weighted by Gasteiger charge is 2.66. The number of hydrogen-bond donors (Lipinski definition) is 2. The molecule has 6 atom stereocenters. The highest BCUT2D eigenvalue weighted by molar-refractivity contribution is 7.38. The Bertz CT molecular complexity index is 716. The summed E-state index contributed by atoms with van der Waals surface area (Å²) in [6.45, 7) is 2.99. The van der Waals surface area contributed by atoms with Crippen LogP contribution in [0.1, 0.15) is 13.2 Å². The molecule has 10 heteroatoms. The Morgan fingerprint density at radius 1 is 1.55 bits per heavy atom. The average Bonchev–Trinajstić information content (AvgIpc) is 2.84. The third-order valence-electron chi connectivity index (χ3n) is 4.08. The van der Waals surface area contributed by atoms with Crippen LogP contribution in [-0.2, 0) is 18.6 Å². The summed E-state index contributed by atoms with van der Waals surface area (Å²) < 4.78 is 29.0.